The molecule has 0 aromatic carbocycles. The maximum atomic E-state index is 3.51. The lowest BCUT2D eigenvalue weighted by Crippen LogP contribution is -2.38. The number of nitrogens with zero attached hydrogens (tertiary/aromatic N) is 1. The topological polar surface area (TPSA) is 15.3 Å². The molecule has 1 aliphatic heterocycles. The maximum absolute atomic E-state index is 3.51. The zero-order valence-corrected chi connectivity index (χ0v) is 11.5. The molecule has 0 radical (unpaired) electrons. The van der Waals surface area contributed by atoms with Gasteiger partial charge in [0, 0.05) is 6.54 Å². The molecule has 2 nitrogen and oxygen atoms in total. The summed E-state index contributed by atoms with van der Waals surface area (Å²) in [5.74, 6) is 1.75. The molecule has 1 fully saturated rings. The van der Waals surface area contributed by atoms with Crippen molar-refractivity contribution in [3.8, 4) is 0 Å². The fraction of sp³-hybridized carbons (Fsp3) is 1.00. The average molecular weight is 226 g/mol. The van der Waals surface area contributed by atoms with Crippen LogP contribution in [0.15, 0.2) is 0 Å². The van der Waals surface area contributed by atoms with Crippen LogP contribution in [-0.2, 0) is 0 Å². The molecule has 0 amide bonds. The Balaban J connectivity index is 2.14. The van der Waals surface area contributed by atoms with Crippen molar-refractivity contribution in [3.63, 3.8) is 0 Å². The van der Waals surface area contributed by atoms with E-state index in [-0.39, 0.29) is 0 Å². The minimum absolute atomic E-state index is 0.857. The van der Waals surface area contributed by atoms with Gasteiger partial charge in [-0.25, -0.2) is 0 Å². The van der Waals surface area contributed by atoms with Crippen molar-refractivity contribution in [2.24, 2.45) is 11.8 Å². The second kappa shape index (κ2) is 8.08. The van der Waals surface area contributed by atoms with Crippen molar-refractivity contribution in [2.45, 2.75) is 46.5 Å². The molecule has 1 rings (SSSR count). The van der Waals surface area contributed by atoms with Crippen molar-refractivity contribution in [1.82, 2.24) is 10.2 Å². The number of piperidine rings is 1. The zero-order valence-electron chi connectivity index (χ0n) is 11.5. The van der Waals surface area contributed by atoms with E-state index in [1.807, 2.05) is 0 Å². The summed E-state index contributed by atoms with van der Waals surface area (Å²) in [4.78, 5) is 2.64. The maximum Gasteiger partial charge on any atom is 0.00217 e. The molecule has 0 bridgehead atoms. The molecule has 0 aliphatic carbocycles. The van der Waals surface area contributed by atoms with Crippen LogP contribution in [0.1, 0.15) is 46.5 Å². The molecule has 1 unspecified atom stereocenters. The summed E-state index contributed by atoms with van der Waals surface area (Å²) in [6, 6.07) is 0. The number of nitrogens with one attached hydrogen (secondary N) is 1. The van der Waals surface area contributed by atoms with Gasteiger partial charge < -0.3 is 10.2 Å². The number of hydrogen-bond acceptors (Lipinski definition) is 2. The first kappa shape index (κ1) is 14.0. The van der Waals surface area contributed by atoms with Gasteiger partial charge in [0.25, 0.3) is 0 Å². The Morgan fingerprint density at radius 3 is 2.75 bits per heavy atom. The van der Waals surface area contributed by atoms with Gasteiger partial charge in [0.2, 0.25) is 0 Å². The van der Waals surface area contributed by atoms with Gasteiger partial charge in [-0.05, 0) is 63.7 Å². The second-order valence-electron chi connectivity index (χ2n) is 5.64. The Kier molecular flexibility index (Phi) is 7.06. The van der Waals surface area contributed by atoms with Crippen LogP contribution in [0.5, 0.6) is 0 Å². The first-order valence-corrected chi connectivity index (χ1v) is 7.15. The van der Waals surface area contributed by atoms with Crippen LogP contribution in [-0.4, -0.2) is 37.6 Å². The summed E-state index contributed by atoms with van der Waals surface area (Å²) >= 11 is 0. The van der Waals surface area contributed by atoms with Crippen molar-refractivity contribution in [3.05, 3.63) is 0 Å². The molecular weight excluding hydrogens is 196 g/mol. The lowest BCUT2D eigenvalue weighted by Gasteiger charge is -2.29. The largest absolute Gasteiger partial charge is 0.316 e. The summed E-state index contributed by atoms with van der Waals surface area (Å²) in [5.41, 5.74) is 0. The molecule has 0 saturated carbocycles. The van der Waals surface area contributed by atoms with Crippen molar-refractivity contribution in [2.75, 3.05) is 32.7 Å². The van der Waals surface area contributed by atoms with Crippen molar-refractivity contribution < 1.29 is 0 Å². The highest BCUT2D eigenvalue weighted by Gasteiger charge is 2.15. The predicted molar refractivity (Wildman–Crippen MR) is 71.8 cm³/mol. The molecule has 1 N–H and O–H groups in total. The molecule has 16 heavy (non-hydrogen) atoms. The van der Waals surface area contributed by atoms with E-state index < -0.39 is 0 Å². The molecule has 0 aromatic rings. The van der Waals surface area contributed by atoms with Crippen LogP contribution in [0.2, 0.25) is 0 Å². The van der Waals surface area contributed by atoms with Gasteiger partial charge in [0.05, 0.1) is 0 Å². The summed E-state index contributed by atoms with van der Waals surface area (Å²) in [6.45, 7) is 13.2. The lowest BCUT2D eigenvalue weighted by atomic mass is 9.99. The number of rotatable bonds is 7. The smallest absolute Gasteiger partial charge is 0.00217 e. The minimum Gasteiger partial charge on any atom is -0.316 e. The van der Waals surface area contributed by atoms with Gasteiger partial charge in [-0.3, -0.25) is 0 Å². The predicted octanol–water partition coefficient (Wildman–Crippen LogP) is 2.74. The fourth-order valence-corrected chi connectivity index (χ4v) is 2.55. The lowest BCUT2D eigenvalue weighted by molar-refractivity contribution is 0.211. The summed E-state index contributed by atoms with van der Waals surface area (Å²) in [6.07, 6.45) is 5.53. The van der Waals surface area contributed by atoms with Gasteiger partial charge in [-0.15, -0.1) is 0 Å². The Labute approximate surface area is 102 Å². The second-order valence-corrected chi connectivity index (χ2v) is 5.64. The van der Waals surface area contributed by atoms with Gasteiger partial charge in [-0.1, -0.05) is 20.8 Å². The molecule has 1 saturated heterocycles. The summed E-state index contributed by atoms with van der Waals surface area (Å²) in [5, 5.41) is 3.51. The van der Waals surface area contributed by atoms with E-state index >= 15 is 0 Å². The third kappa shape index (κ3) is 5.86. The van der Waals surface area contributed by atoms with E-state index in [0.29, 0.717) is 0 Å². The van der Waals surface area contributed by atoms with E-state index in [9.17, 15) is 0 Å². The average Bonchev–Trinajstić information content (AvgIpc) is 2.28. The fourth-order valence-electron chi connectivity index (χ4n) is 2.55. The highest BCUT2D eigenvalue weighted by molar-refractivity contribution is 4.72. The van der Waals surface area contributed by atoms with Gasteiger partial charge >= 0.3 is 0 Å². The zero-order chi connectivity index (χ0) is 11.8. The van der Waals surface area contributed by atoms with Crippen LogP contribution < -0.4 is 5.32 Å². The first-order chi connectivity index (χ1) is 7.72. The van der Waals surface area contributed by atoms with Crippen molar-refractivity contribution >= 4 is 0 Å². The Hall–Kier alpha value is -0.0800. The van der Waals surface area contributed by atoms with Gasteiger partial charge in [0.15, 0.2) is 0 Å². The Morgan fingerprint density at radius 1 is 1.38 bits per heavy atom. The van der Waals surface area contributed by atoms with E-state index in [1.54, 1.807) is 0 Å². The van der Waals surface area contributed by atoms with E-state index in [2.05, 4.69) is 31.0 Å². The quantitative estimate of drug-likeness (QED) is 0.718. The molecule has 1 heterocycles. The van der Waals surface area contributed by atoms with Crippen molar-refractivity contribution in [1.29, 1.82) is 0 Å². The van der Waals surface area contributed by atoms with Gasteiger partial charge in [0.1, 0.15) is 0 Å². The Bertz CT molecular complexity index is 162. The molecule has 1 atom stereocenters. The minimum atomic E-state index is 0.857. The summed E-state index contributed by atoms with van der Waals surface area (Å²) < 4.78 is 0. The van der Waals surface area contributed by atoms with E-state index in [4.69, 9.17) is 0 Å². The third-order valence-electron chi connectivity index (χ3n) is 3.62. The van der Waals surface area contributed by atoms with Crippen LogP contribution >= 0.6 is 0 Å². The van der Waals surface area contributed by atoms with Crippen LogP contribution in [0.4, 0.5) is 0 Å². The van der Waals surface area contributed by atoms with Crippen LogP contribution in [0, 0.1) is 11.8 Å². The van der Waals surface area contributed by atoms with Crippen LogP contribution in [0.25, 0.3) is 0 Å². The van der Waals surface area contributed by atoms with E-state index in [0.717, 1.165) is 11.8 Å². The molecule has 0 spiro atoms. The standard InChI is InChI=1S/C14H30N2/c1-4-16(10-6-7-13(2)3)12-14-8-5-9-15-11-14/h13-15H,4-12H2,1-3H3. The molecule has 0 aromatic heterocycles. The first-order valence-electron chi connectivity index (χ1n) is 7.15. The highest BCUT2D eigenvalue weighted by Crippen LogP contribution is 2.13. The van der Waals surface area contributed by atoms with Crippen LogP contribution in [0.3, 0.4) is 0 Å². The third-order valence-corrected chi connectivity index (χ3v) is 3.62. The molecule has 96 valence electrons. The molecule has 2 heteroatoms. The SMILES string of the molecule is CCN(CCCC(C)C)CC1CCCNC1. The Morgan fingerprint density at radius 2 is 2.19 bits per heavy atom. The normalized spacial score (nSPS) is 21.9. The number of hydrogen-bond donors (Lipinski definition) is 1. The van der Waals surface area contributed by atoms with Gasteiger partial charge in [-0.2, -0.15) is 0 Å². The molecular formula is C14H30N2. The summed E-state index contributed by atoms with van der Waals surface area (Å²) in [7, 11) is 0. The highest BCUT2D eigenvalue weighted by atomic mass is 15.1. The van der Waals surface area contributed by atoms with E-state index in [1.165, 1.54) is 58.4 Å². The molecule has 1 aliphatic rings. The monoisotopic (exact) mass is 226 g/mol.